The zero-order valence-corrected chi connectivity index (χ0v) is 11.1. The highest BCUT2D eigenvalue weighted by Gasteiger charge is 2.13. The topological polar surface area (TPSA) is 55.1 Å². The van der Waals surface area contributed by atoms with Crippen LogP contribution in [0.2, 0.25) is 10.0 Å². The number of nitrogens with two attached hydrogens (primary N) is 1. The zero-order valence-electron chi connectivity index (χ0n) is 9.58. The number of nitrogens with one attached hydrogen (secondary N) is 1. The summed E-state index contributed by atoms with van der Waals surface area (Å²) in [6, 6.07) is 8.20. The Morgan fingerprint density at radius 2 is 1.89 bits per heavy atom. The van der Waals surface area contributed by atoms with Gasteiger partial charge in [-0.15, -0.1) is 0 Å². The van der Waals surface area contributed by atoms with Crippen LogP contribution in [-0.2, 0) is 0 Å². The molecule has 0 radical (unpaired) electrons. The second-order valence-corrected chi connectivity index (χ2v) is 4.65. The van der Waals surface area contributed by atoms with Gasteiger partial charge in [0.05, 0.1) is 16.3 Å². The molecule has 0 fully saturated rings. The number of carbonyl (C=O) groups excluding carboxylic acids is 1. The standard InChI is InChI=1S/C13H9Cl2FN2O/c14-7-1-3-10(15)12(5-7)18-13(19)9-6-8(16)2-4-11(9)17/h1-6H,17H2,(H,18,19). The SMILES string of the molecule is Nc1ccc(F)cc1C(=O)Nc1cc(Cl)ccc1Cl. The number of hydrogen-bond acceptors (Lipinski definition) is 2. The van der Waals surface area contributed by atoms with Crippen LogP contribution in [-0.4, -0.2) is 5.91 Å². The molecule has 2 rings (SSSR count). The lowest BCUT2D eigenvalue weighted by atomic mass is 10.1. The molecule has 0 spiro atoms. The number of amides is 1. The summed E-state index contributed by atoms with van der Waals surface area (Å²) in [5.74, 6) is -1.10. The van der Waals surface area contributed by atoms with Gasteiger partial charge >= 0.3 is 0 Å². The van der Waals surface area contributed by atoms with Gasteiger partial charge in [0, 0.05) is 10.7 Å². The zero-order chi connectivity index (χ0) is 14.0. The van der Waals surface area contributed by atoms with Gasteiger partial charge in [0.25, 0.3) is 5.91 Å². The summed E-state index contributed by atoms with van der Waals surface area (Å²) in [5.41, 5.74) is 6.18. The van der Waals surface area contributed by atoms with Crippen molar-refractivity contribution in [3.8, 4) is 0 Å². The summed E-state index contributed by atoms with van der Waals surface area (Å²) in [6.45, 7) is 0. The van der Waals surface area contributed by atoms with Gasteiger partial charge in [-0.2, -0.15) is 0 Å². The Labute approximate surface area is 119 Å². The quantitative estimate of drug-likeness (QED) is 0.824. The van der Waals surface area contributed by atoms with Crippen LogP contribution in [0.15, 0.2) is 36.4 Å². The van der Waals surface area contributed by atoms with Gasteiger partial charge in [-0.3, -0.25) is 4.79 Å². The van der Waals surface area contributed by atoms with E-state index < -0.39 is 11.7 Å². The molecule has 3 N–H and O–H groups in total. The molecule has 19 heavy (non-hydrogen) atoms. The van der Waals surface area contributed by atoms with Crippen molar-refractivity contribution in [1.82, 2.24) is 0 Å². The predicted molar refractivity (Wildman–Crippen MR) is 75.2 cm³/mol. The van der Waals surface area contributed by atoms with Crippen LogP contribution in [0.25, 0.3) is 0 Å². The van der Waals surface area contributed by atoms with Crippen molar-refractivity contribution in [2.45, 2.75) is 0 Å². The molecule has 1 amide bonds. The molecule has 0 unspecified atom stereocenters. The first-order chi connectivity index (χ1) is 8.97. The third kappa shape index (κ3) is 3.16. The number of rotatable bonds is 2. The third-order valence-electron chi connectivity index (χ3n) is 2.44. The summed E-state index contributed by atoms with van der Waals surface area (Å²) >= 11 is 11.7. The van der Waals surface area contributed by atoms with E-state index in [0.717, 1.165) is 6.07 Å². The molecule has 6 heteroatoms. The van der Waals surface area contributed by atoms with Crippen molar-refractivity contribution in [1.29, 1.82) is 0 Å². The number of halogens is 3. The van der Waals surface area contributed by atoms with Crippen LogP contribution in [0.3, 0.4) is 0 Å². The molecule has 0 aliphatic rings. The molecule has 2 aromatic rings. The van der Waals surface area contributed by atoms with E-state index in [0.29, 0.717) is 15.7 Å². The smallest absolute Gasteiger partial charge is 0.257 e. The molecule has 0 aromatic heterocycles. The fourth-order valence-electron chi connectivity index (χ4n) is 1.51. The molecule has 98 valence electrons. The largest absolute Gasteiger partial charge is 0.398 e. The first kappa shape index (κ1) is 13.6. The van der Waals surface area contributed by atoms with E-state index in [1.54, 1.807) is 12.1 Å². The van der Waals surface area contributed by atoms with Crippen molar-refractivity contribution in [2.75, 3.05) is 11.1 Å². The molecule has 0 aliphatic carbocycles. The summed E-state index contributed by atoms with van der Waals surface area (Å²) in [6.07, 6.45) is 0. The molecular weight excluding hydrogens is 290 g/mol. The Bertz CT molecular complexity index is 647. The summed E-state index contributed by atoms with van der Waals surface area (Å²) in [5, 5.41) is 3.28. The number of carbonyl (C=O) groups is 1. The third-order valence-corrected chi connectivity index (χ3v) is 3.00. The van der Waals surface area contributed by atoms with Crippen molar-refractivity contribution in [3.63, 3.8) is 0 Å². The van der Waals surface area contributed by atoms with Crippen LogP contribution < -0.4 is 11.1 Å². The molecule has 0 saturated heterocycles. The average molecular weight is 299 g/mol. The maximum absolute atomic E-state index is 13.1. The molecular formula is C13H9Cl2FN2O. The monoisotopic (exact) mass is 298 g/mol. The lowest BCUT2D eigenvalue weighted by Crippen LogP contribution is -2.14. The van der Waals surface area contributed by atoms with Gasteiger partial charge < -0.3 is 11.1 Å². The van der Waals surface area contributed by atoms with E-state index in [1.165, 1.54) is 18.2 Å². The van der Waals surface area contributed by atoms with E-state index in [4.69, 9.17) is 28.9 Å². The number of hydrogen-bond donors (Lipinski definition) is 2. The fraction of sp³-hybridized carbons (Fsp3) is 0. The Morgan fingerprint density at radius 3 is 2.63 bits per heavy atom. The lowest BCUT2D eigenvalue weighted by molar-refractivity contribution is 0.102. The normalized spacial score (nSPS) is 10.3. The Hall–Kier alpha value is -1.78. The van der Waals surface area contributed by atoms with Gasteiger partial charge in [-0.1, -0.05) is 23.2 Å². The fourth-order valence-corrected chi connectivity index (χ4v) is 1.84. The first-order valence-corrected chi connectivity index (χ1v) is 6.04. The number of nitrogen functional groups attached to an aromatic ring is 1. The summed E-state index contributed by atoms with van der Waals surface area (Å²) in [4.78, 5) is 12.0. The van der Waals surface area contributed by atoms with E-state index in [9.17, 15) is 9.18 Å². The van der Waals surface area contributed by atoms with Crippen molar-refractivity contribution < 1.29 is 9.18 Å². The van der Waals surface area contributed by atoms with E-state index in [-0.39, 0.29) is 11.3 Å². The molecule has 0 heterocycles. The highest BCUT2D eigenvalue weighted by molar-refractivity contribution is 6.36. The predicted octanol–water partition coefficient (Wildman–Crippen LogP) is 3.97. The van der Waals surface area contributed by atoms with Crippen LogP contribution in [0.5, 0.6) is 0 Å². The van der Waals surface area contributed by atoms with Crippen LogP contribution >= 0.6 is 23.2 Å². The maximum Gasteiger partial charge on any atom is 0.257 e. The van der Waals surface area contributed by atoms with Gasteiger partial charge in [-0.05, 0) is 36.4 Å². The molecule has 0 bridgehead atoms. The maximum atomic E-state index is 13.1. The summed E-state index contributed by atoms with van der Waals surface area (Å²) < 4.78 is 13.1. The second kappa shape index (κ2) is 5.47. The van der Waals surface area contributed by atoms with E-state index in [1.807, 2.05) is 0 Å². The highest BCUT2D eigenvalue weighted by Crippen LogP contribution is 2.26. The van der Waals surface area contributed by atoms with Gasteiger partial charge in [-0.25, -0.2) is 4.39 Å². The van der Waals surface area contributed by atoms with Gasteiger partial charge in [0.2, 0.25) is 0 Å². The van der Waals surface area contributed by atoms with E-state index in [2.05, 4.69) is 5.32 Å². The Balaban J connectivity index is 2.30. The van der Waals surface area contributed by atoms with Gasteiger partial charge in [0.15, 0.2) is 0 Å². The molecule has 0 aliphatic heterocycles. The minimum Gasteiger partial charge on any atom is -0.398 e. The average Bonchev–Trinajstić information content (AvgIpc) is 2.36. The van der Waals surface area contributed by atoms with E-state index >= 15 is 0 Å². The molecule has 0 atom stereocenters. The molecule has 2 aromatic carbocycles. The van der Waals surface area contributed by atoms with Crippen molar-refractivity contribution in [2.24, 2.45) is 0 Å². The number of anilines is 2. The lowest BCUT2D eigenvalue weighted by Gasteiger charge is -2.09. The minimum atomic E-state index is -0.554. The molecule has 0 saturated carbocycles. The van der Waals surface area contributed by atoms with Gasteiger partial charge in [0.1, 0.15) is 5.82 Å². The Morgan fingerprint density at radius 1 is 1.16 bits per heavy atom. The van der Waals surface area contributed by atoms with Crippen molar-refractivity contribution in [3.05, 3.63) is 57.8 Å². The molecule has 3 nitrogen and oxygen atoms in total. The minimum absolute atomic E-state index is 0.0380. The highest BCUT2D eigenvalue weighted by atomic mass is 35.5. The van der Waals surface area contributed by atoms with Crippen LogP contribution in [0, 0.1) is 5.82 Å². The Kier molecular flexibility index (Phi) is 3.93. The van der Waals surface area contributed by atoms with Crippen LogP contribution in [0.1, 0.15) is 10.4 Å². The van der Waals surface area contributed by atoms with Crippen molar-refractivity contribution >= 4 is 40.5 Å². The second-order valence-electron chi connectivity index (χ2n) is 3.81. The van der Waals surface area contributed by atoms with Crippen LogP contribution in [0.4, 0.5) is 15.8 Å². The number of benzene rings is 2. The summed E-state index contributed by atoms with van der Waals surface area (Å²) in [7, 11) is 0. The first-order valence-electron chi connectivity index (χ1n) is 5.29.